The molecule has 0 amide bonds. The molecule has 174 valence electrons. The summed E-state index contributed by atoms with van der Waals surface area (Å²) >= 11 is 0. The Kier molecular flexibility index (Phi) is 8.62. The third-order valence-electron chi connectivity index (χ3n) is 5.61. The van der Waals surface area contributed by atoms with Gasteiger partial charge in [0.25, 0.3) is 0 Å². The van der Waals surface area contributed by atoms with Gasteiger partial charge in [0, 0.05) is 43.4 Å². The van der Waals surface area contributed by atoms with Gasteiger partial charge in [-0.1, -0.05) is 29.8 Å². The van der Waals surface area contributed by atoms with Gasteiger partial charge in [-0.15, -0.1) is 0 Å². The molecule has 2 atom stereocenters. The lowest BCUT2D eigenvalue weighted by Gasteiger charge is -2.31. The molecule has 1 fully saturated rings. The van der Waals surface area contributed by atoms with Crippen LogP contribution in [0.1, 0.15) is 37.0 Å². The van der Waals surface area contributed by atoms with Crippen LogP contribution in [0, 0.1) is 12.8 Å². The number of aliphatic imine (C=N–C) groups is 1. The van der Waals surface area contributed by atoms with Crippen molar-refractivity contribution in [2.45, 2.75) is 32.8 Å². The topological polar surface area (TPSA) is 73.3 Å². The second-order valence-corrected chi connectivity index (χ2v) is 7.86. The number of nitrogens with one attached hydrogen (secondary N) is 2. The lowest BCUT2D eigenvalue weighted by atomic mass is 9.89. The van der Waals surface area contributed by atoms with Gasteiger partial charge in [0.1, 0.15) is 0 Å². The van der Waals surface area contributed by atoms with E-state index in [4.69, 9.17) is 23.9 Å². The van der Waals surface area contributed by atoms with Gasteiger partial charge in [0.2, 0.25) is 5.75 Å². The molecule has 0 aromatic heterocycles. The summed E-state index contributed by atoms with van der Waals surface area (Å²) in [5, 5.41) is 6.69. The summed E-state index contributed by atoms with van der Waals surface area (Å²) in [6.07, 6.45) is 2.21. The molecule has 0 aliphatic carbocycles. The number of hydrogen-bond donors (Lipinski definition) is 2. The van der Waals surface area contributed by atoms with Crippen LogP contribution in [0.4, 0.5) is 5.69 Å². The van der Waals surface area contributed by atoms with Gasteiger partial charge in [-0.05, 0) is 32.3 Å². The maximum Gasteiger partial charge on any atom is 0.203 e. The number of methoxy groups -OCH3 is 3. The van der Waals surface area contributed by atoms with Crippen molar-refractivity contribution < 1.29 is 18.9 Å². The smallest absolute Gasteiger partial charge is 0.203 e. The second kappa shape index (κ2) is 11.6. The van der Waals surface area contributed by atoms with Gasteiger partial charge in [-0.2, -0.15) is 0 Å². The summed E-state index contributed by atoms with van der Waals surface area (Å²) in [7, 11) is 4.80. The highest BCUT2D eigenvalue weighted by Crippen LogP contribution is 2.40. The molecule has 1 heterocycles. The van der Waals surface area contributed by atoms with Crippen molar-refractivity contribution in [3.8, 4) is 17.2 Å². The minimum absolute atomic E-state index is 0.0668. The van der Waals surface area contributed by atoms with Crippen LogP contribution < -0.4 is 24.8 Å². The Labute approximate surface area is 191 Å². The summed E-state index contributed by atoms with van der Waals surface area (Å²) in [6.45, 7) is 6.36. The molecule has 1 aliphatic heterocycles. The zero-order valence-corrected chi connectivity index (χ0v) is 19.7. The number of aryl methyl sites for hydroxylation is 1. The maximum absolute atomic E-state index is 6.16. The van der Waals surface area contributed by atoms with Crippen LogP contribution in [0.25, 0.3) is 0 Å². The lowest BCUT2D eigenvalue weighted by Crippen LogP contribution is -2.32. The monoisotopic (exact) mass is 441 g/mol. The molecule has 0 bridgehead atoms. The van der Waals surface area contributed by atoms with Crippen LogP contribution in [0.5, 0.6) is 17.2 Å². The predicted octanol–water partition coefficient (Wildman–Crippen LogP) is 4.57. The zero-order valence-electron chi connectivity index (χ0n) is 19.7. The van der Waals surface area contributed by atoms with E-state index in [0.29, 0.717) is 35.7 Å². The molecule has 0 saturated carbocycles. The molecular weight excluding hydrogens is 406 g/mol. The van der Waals surface area contributed by atoms with E-state index >= 15 is 0 Å². The SMILES string of the molecule is CCNC(=NCC1CCCOC1c1ccc(C)cc1)Nc1cc(OC)c(OC)c(OC)c1. The minimum atomic E-state index is 0.0668. The van der Waals surface area contributed by atoms with Gasteiger partial charge in [0.05, 0.1) is 27.4 Å². The summed E-state index contributed by atoms with van der Waals surface area (Å²) in [4.78, 5) is 4.88. The van der Waals surface area contributed by atoms with Crippen molar-refractivity contribution >= 4 is 11.6 Å². The van der Waals surface area contributed by atoms with E-state index in [0.717, 1.165) is 31.7 Å². The number of anilines is 1. The maximum atomic E-state index is 6.16. The minimum Gasteiger partial charge on any atom is -0.493 e. The van der Waals surface area contributed by atoms with Gasteiger partial charge < -0.3 is 29.6 Å². The van der Waals surface area contributed by atoms with E-state index in [-0.39, 0.29) is 6.10 Å². The van der Waals surface area contributed by atoms with Gasteiger partial charge in [-0.25, -0.2) is 0 Å². The standard InChI is InChI=1S/C25H35N3O4/c1-6-26-25(28-20-14-21(29-3)24(31-5)22(15-20)30-4)27-16-19-8-7-13-32-23(19)18-11-9-17(2)10-12-18/h9-12,14-15,19,23H,6-8,13,16H2,1-5H3,(H2,26,27,28). The van der Waals surface area contributed by atoms with Crippen LogP contribution in [0.2, 0.25) is 0 Å². The Morgan fingerprint density at radius 1 is 1.06 bits per heavy atom. The Hall–Kier alpha value is -2.93. The second-order valence-electron chi connectivity index (χ2n) is 7.86. The Morgan fingerprint density at radius 2 is 1.75 bits per heavy atom. The Balaban J connectivity index is 1.79. The molecule has 0 radical (unpaired) electrons. The summed E-state index contributed by atoms with van der Waals surface area (Å²) < 4.78 is 22.5. The third kappa shape index (κ3) is 5.85. The largest absolute Gasteiger partial charge is 0.493 e. The van der Waals surface area contributed by atoms with Crippen molar-refractivity contribution in [3.05, 3.63) is 47.5 Å². The third-order valence-corrected chi connectivity index (χ3v) is 5.61. The van der Waals surface area contributed by atoms with Crippen LogP contribution in [-0.2, 0) is 4.74 Å². The van der Waals surface area contributed by atoms with E-state index in [1.807, 2.05) is 19.1 Å². The van der Waals surface area contributed by atoms with Gasteiger partial charge in [-0.3, -0.25) is 4.99 Å². The highest BCUT2D eigenvalue weighted by atomic mass is 16.5. The van der Waals surface area contributed by atoms with Crippen LogP contribution in [0.3, 0.4) is 0 Å². The molecule has 1 saturated heterocycles. The first kappa shape index (κ1) is 23.7. The highest BCUT2D eigenvalue weighted by Gasteiger charge is 2.27. The molecule has 2 aromatic carbocycles. The number of benzene rings is 2. The van der Waals surface area contributed by atoms with Crippen molar-refractivity contribution in [1.82, 2.24) is 5.32 Å². The predicted molar refractivity (Wildman–Crippen MR) is 128 cm³/mol. The molecule has 2 unspecified atom stereocenters. The quantitative estimate of drug-likeness (QED) is 0.462. The van der Waals surface area contributed by atoms with Crippen molar-refractivity contribution in [3.63, 3.8) is 0 Å². The molecule has 2 aromatic rings. The van der Waals surface area contributed by atoms with E-state index in [1.165, 1.54) is 11.1 Å². The fourth-order valence-electron chi connectivity index (χ4n) is 3.96. The van der Waals surface area contributed by atoms with Crippen LogP contribution in [-0.4, -0.2) is 47.0 Å². The van der Waals surface area contributed by atoms with E-state index < -0.39 is 0 Å². The molecule has 7 nitrogen and oxygen atoms in total. The first-order valence-corrected chi connectivity index (χ1v) is 11.1. The normalized spacial score (nSPS) is 18.7. The van der Waals surface area contributed by atoms with Crippen LogP contribution in [0.15, 0.2) is 41.4 Å². The zero-order chi connectivity index (χ0) is 22.9. The first-order chi connectivity index (χ1) is 15.6. The van der Waals surface area contributed by atoms with E-state index in [9.17, 15) is 0 Å². The van der Waals surface area contributed by atoms with Gasteiger partial charge >= 0.3 is 0 Å². The summed E-state index contributed by atoms with van der Waals surface area (Å²) in [5.41, 5.74) is 3.27. The number of rotatable bonds is 8. The highest BCUT2D eigenvalue weighted by molar-refractivity contribution is 5.94. The molecule has 2 N–H and O–H groups in total. The fraction of sp³-hybridized carbons (Fsp3) is 0.480. The van der Waals surface area contributed by atoms with Crippen molar-refractivity contribution in [1.29, 1.82) is 0 Å². The Morgan fingerprint density at radius 3 is 2.34 bits per heavy atom. The average Bonchev–Trinajstić information content (AvgIpc) is 2.82. The molecule has 1 aliphatic rings. The summed E-state index contributed by atoms with van der Waals surface area (Å²) in [5.74, 6) is 2.76. The van der Waals surface area contributed by atoms with Crippen molar-refractivity contribution in [2.24, 2.45) is 10.9 Å². The fourth-order valence-corrected chi connectivity index (χ4v) is 3.96. The average molecular weight is 442 g/mol. The molecule has 3 rings (SSSR count). The van der Waals surface area contributed by atoms with E-state index in [2.05, 4.69) is 41.8 Å². The number of ether oxygens (including phenoxy) is 4. The molecular formula is C25H35N3O4. The lowest BCUT2D eigenvalue weighted by molar-refractivity contribution is -0.0250. The van der Waals surface area contributed by atoms with Crippen molar-refractivity contribution in [2.75, 3.05) is 46.3 Å². The number of guanidine groups is 1. The number of hydrogen-bond acceptors (Lipinski definition) is 5. The Bertz CT molecular complexity index is 874. The first-order valence-electron chi connectivity index (χ1n) is 11.1. The van der Waals surface area contributed by atoms with E-state index in [1.54, 1.807) is 21.3 Å². The van der Waals surface area contributed by atoms with Crippen LogP contribution >= 0.6 is 0 Å². The number of nitrogens with zero attached hydrogens (tertiary/aromatic N) is 1. The molecule has 0 spiro atoms. The molecule has 32 heavy (non-hydrogen) atoms. The summed E-state index contributed by atoms with van der Waals surface area (Å²) in [6, 6.07) is 12.4. The molecule has 7 heteroatoms. The van der Waals surface area contributed by atoms with Gasteiger partial charge in [0.15, 0.2) is 17.5 Å².